The number of primary amides is 1. The van der Waals surface area contributed by atoms with Crippen LogP contribution in [0.5, 0.6) is 0 Å². The van der Waals surface area contributed by atoms with Crippen molar-refractivity contribution in [3.05, 3.63) is 52.3 Å². The highest BCUT2D eigenvalue weighted by Crippen LogP contribution is 2.44. The molecule has 4 rings (SSSR count). The zero-order valence-corrected chi connectivity index (χ0v) is 15.7. The molecule has 0 spiro atoms. The van der Waals surface area contributed by atoms with Crippen molar-refractivity contribution in [3.63, 3.8) is 0 Å². The van der Waals surface area contributed by atoms with Crippen LogP contribution in [0.1, 0.15) is 23.1 Å². The molecule has 0 saturated heterocycles. The minimum absolute atomic E-state index is 0.0634. The first-order valence-electron chi connectivity index (χ1n) is 8.88. The summed E-state index contributed by atoms with van der Waals surface area (Å²) in [6.07, 6.45) is 2.29. The number of rotatable bonds is 3. The van der Waals surface area contributed by atoms with Crippen molar-refractivity contribution in [1.82, 2.24) is 20.0 Å². The Morgan fingerprint density at radius 3 is 2.86 bits per heavy atom. The zero-order valence-electron chi connectivity index (χ0n) is 15.7. The number of alkyl halides is 2. The van der Waals surface area contributed by atoms with E-state index in [1.165, 1.54) is 15.8 Å². The highest BCUT2D eigenvalue weighted by molar-refractivity contribution is 6.07. The molecule has 0 aliphatic carbocycles. The summed E-state index contributed by atoms with van der Waals surface area (Å²) >= 11 is 0. The van der Waals surface area contributed by atoms with Crippen LogP contribution in [0.2, 0.25) is 0 Å². The number of hydrogen-bond donors (Lipinski definition) is 2. The number of aryl methyl sites for hydroxylation is 2. The molecule has 2 amide bonds. The van der Waals surface area contributed by atoms with Gasteiger partial charge in [0.05, 0.1) is 35.3 Å². The summed E-state index contributed by atoms with van der Waals surface area (Å²) in [6, 6.07) is 1.60. The fourth-order valence-electron chi connectivity index (χ4n) is 3.52. The van der Waals surface area contributed by atoms with E-state index >= 15 is 0 Å². The Labute approximate surface area is 164 Å². The second kappa shape index (κ2) is 6.54. The number of halogens is 2. The van der Waals surface area contributed by atoms with Gasteiger partial charge < -0.3 is 15.4 Å². The van der Waals surface area contributed by atoms with Gasteiger partial charge in [-0.15, -0.1) is 0 Å². The fraction of sp³-hybridized carbons (Fsp3) is 0.333. The van der Waals surface area contributed by atoms with Crippen LogP contribution < -0.4 is 11.1 Å². The third kappa shape index (κ3) is 2.98. The average molecular weight is 404 g/mol. The minimum Gasteiger partial charge on any atom is -0.496 e. The number of amides is 2. The van der Waals surface area contributed by atoms with E-state index in [1.54, 1.807) is 13.0 Å². The lowest BCUT2D eigenvalue weighted by Gasteiger charge is -2.28. The molecule has 29 heavy (non-hydrogen) atoms. The molecule has 3 aliphatic rings. The van der Waals surface area contributed by atoms with Crippen molar-refractivity contribution in [2.75, 3.05) is 13.2 Å². The third-order valence-electron chi connectivity index (χ3n) is 4.82. The van der Waals surface area contributed by atoms with Gasteiger partial charge >= 0.3 is 0 Å². The highest BCUT2D eigenvalue weighted by Gasteiger charge is 2.51. The van der Waals surface area contributed by atoms with Gasteiger partial charge in [0.15, 0.2) is 0 Å². The van der Waals surface area contributed by atoms with Crippen LogP contribution in [-0.2, 0) is 16.1 Å². The lowest BCUT2D eigenvalue weighted by Crippen LogP contribution is -2.46. The fourth-order valence-corrected chi connectivity index (χ4v) is 3.52. The van der Waals surface area contributed by atoms with Gasteiger partial charge in [0.25, 0.3) is 17.7 Å². The first-order chi connectivity index (χ1) is 13.7. The molecule has 0 unspecified atom stereocenters. The van der Waals surface area contributed by atoms with Gasteiger partial charge in [0, 0.05) is 18.3 Å². The van der Waals surface area contributed by atoms with Crippen molar-refractivity contribution in [2.24, 2.45) is 10.7 Å². The summed E-state index contributed by atoms with van der Waals surface area (Å²) in [6.45, 7) is 2.90. The van der Waals surface area contributed by atoms with Crippen molar-refractivity contribution in [2.45, 2.75) is 26.3 Å². The monoisotopic (exact) mass is 404 g/mol. The van der Waals surface area contributed by atoms with E-state index in [0.717, 1.165) is 6.26 Å². The Kier molecular flexibility index (Phi) is 4.25. The number of aromatic nitrogens is 2. The molecule has 152 valence electrons. The van der Waals surface area contributed by atoms with E-state index in [2.05, 4.69) is 15.4 Å². The van der Waals surface area contributed by atoms with Crippen molar-refractivity contribution >= 4 is 17.8 Å². The van der Waals surface area contributed by atoms with Gasteiger partial charge in [-0.05, 0) is 19.9 Å². The van der Waals surface area contributed by atoms with Gasteiger partial charge in [-0.25, -0.2) is 4.99 Å². The smallest absolute Gasteiger partial charge is 0.292 e. The number of allylic oxidation sites excluding steroid dienone is 1. The first-order valence-corrected chi connectivity index (χ1v) is 8.88. The first kappa shape index (κ1) is 18.8. The number of hydrogen-bond acceptors (Lipinski definition) is 6. The number of aliphatic imine (C=N–C) groups is 1. The number of guanidine groups is 1. The average Bonchev–Trinajstić information content (AvgIpc) is 3.07. The van der Waals surface area contributed by atoms with Crippen LogP contribution >= 0.6 is 0 Å². The Balaban J connectivity index is 1.74. The second-order valence-corrected chi connectivity index (χ2v) is 6.76. The summed E-state index contributed by atoms with van der Waals surface area (Å²) < 4.78 is 35.9. The molecule has 0 atom stereocenters. The molecular weight excluding hydrogens is 386 g/mol. The summed E-state index contributed by atoms with van der Waals surface area (Å²) in [5.74, 6) is -4.66. The molecule has 0 saturated carbocycles. The van der Waals surface area contributed by atoms with E-state index in [0.29, 0.717) is 12.2 Å². The summed E-state index contributed by atoms with van der Waals surface area (Å²) in [5, 5.41) is 6.78. The molecule has 11 heteroatoms. The van der Waals surface area contributed by atoms with Crippen LogP contribution in [0, 0.1) is 6.92 Å². The Bertz CT molecular complexity index is 1050. The molecule has 3 aliphatic heterocycles. The van der Waals surface area contributed by atoms with Crippen LogP contribution in [0.3, 0.4) is 0 Å². The number of carbonyl (C=O) groups excluding carboxylic acids is 2. The molecule has 9 nitrogen and oxygen atoms in total. The second-order valence-electron chi connectivity index (χ2n) is 6.76. The molecule has 3 N–H and O–H groups in total. The number of nitrogens with two attached hydrogens (primary N) is 1. The normalized spacial score (nSPS) is 19.6. The lowest BCUT2D eigenvalue weighted by molar-refractivity contribution is -0.114. The molecule has 0 fully saturated rings. The molecule has 1 aromatic rings. The predicted octanol–water partition coefficient (Wildman–Crippen LogP) is 0.799. The van der Waals surface area contributed by atoms with Crippen molar-refractivity contribution < 1.29 is 23.1 Å². The van der Waals surface area contributed by atoms with Crippen molar-refractivity contribution in [1.29, 1.82) is 0 Å². The van der Waals surface area contributed by atoms with Crippen LogP contribution in [0.4, 0.5) is 8.78 Å². The summed E-state index contributed by atoms with van der Waals surface area (Å²) in [7, 11) is 0. The highest BCUT2D eigenvalue weighted by atomic mass is 19.3. The van der Waals surface area contributed by atoms with E-state index in [4.69, 9.17) is 10.5 Å². The van der Waals surface area contributed by atoms with Gasteiger partial charge in [0.2, 0.25) is 5.96 Å². The Morgan fingerprint density at radius 2 is 2.17 bits per heavy atom. The predicted molar refractivity (Wildman–Crippen MR) is 97.5 cm³/mol. The van der Waals surface area contributed by atoms with Gasteiger partial charge in [-0.2, -0.15) is 13.9 Å². The molecule has 0 aromatic carbocycles. The third-order valence-corrected chi connectivity index (χ3v) is 4.82. The molecule has 0 radical (unpaired) electrons. The van der Waals surface area contributed by atoms with E-state index < -0.39 is 30.9 Å². The molecular formula is C18H18F2N6O3. The number of nitrogens with one attached hydrogen (secondary N) is 1. The summed E-state index contributed by atoms with van der Waals surface area (Å²) in [5.41, 5.74) is 6.14. The topological polar surface area (TPSA) is 115 Å². The molecule has 1 aromatic heterocycles. The standard InChI is InChI=1S/C18H18F2N6O3/c1-3-26-13(4-9(2)24-26)16(28)23-17-22-5-10-11(15(21)27)6-29-7-12-14(10)25(17)8-18(12,19)20/h4-6H,3,7-8H2,1-2H3,(H2,21,27)(H,22,23,28). The molecule has 4 heterocycles. The van der Waals surface area contributed by atoms with Gasteiger partial charge in [-0.3, -0.25) is 19.6 Å². The number of nitrogens with zero attached hydrogens (tertiary/aromatic N) is 4. The van der Waals surface area contributed by atoms with Gasteiger partial charge in [-0.1, -0.05) is 0 Å². The van der Waals surface area contributed by atoms with E-state index in [9.17, 15) is 18.4 Å². The van der Waals surface area contributed by atoms with Crippen LogP contribution in [-0.4, -0.2) is 51.5 Å². The van der Waals surface area contributed by atoms with Crippen molar-refractivity contribution in [3.8, 4) is 0 Å². The maximum Gasteiger partial charge on any atom is 0.292 e. The SMILES string of the molecule is CCn1nc(C)cc1C(=O)NC1=NC=C2C(C(N)=O)=COCC3=C2N1CC3(F)F. The van der Waals surface area contributed by atoms with Gasteiger partial charge in [0.1, 0.15) is 12.3 Å². The maximum atomic E-state index is 14.7. The van der Waals surface area contributed by atoms with Crippen LogP contribution in [0.25, 0.3) is 0 Å². The minimum atomic E-state index is -3.23. The zero-order chi connectivity index (χ0) is 20.9. The van der Waals surface area contributed by atoms with E-state index in [-0.39, 0.29) is 34.1 Å². The van der Waals surface area contributed by atoms with E-state index in [1.807, 2.05) is 6.92 Å². The largest absolute Gasteiger partial charge is 0.496 e. The lowest BCUT2D eigenvalue weighted by atomic mass is 10.00. The number of carbonyl (C=O) groups is 2. The van der Waals surface area contributed by atoms with Crippen LogP contribution in [0.15, 0.2) is 45.9 Å². The maximum absolute atomic E-state index is 14.7. The molecule has 0 bridgehead atoms. The quantitative estimate of drug-likeness (QED) is 0.773. The Hall–Kier alpha value is -3.50. The summed E-state index contributed by atoms with van der Waals surface area (Å²) in [4.78, 5) is 29.8. The Morgan fingerprint density at radius 1 is 1.41 bits per heavy atom. The number of ether oxygens (including phenoxy) is 1.